The van der Waals surface area contributed by atoms with Crippen molar-refractivity contribution in [1.29, 1.82) is 0 Å². The molecule has 7 heteroatoms. The molecule has 0 unspecified atom stereocenters. The summed E-state index contributed by atoms with van der Waals surface area (Å²) in [6.07, 6.45) is 1.73. The first-order chi connectivity index (χ1) is 13.2. The molecular weight excluding hydrogens is 382 g/mol. The van der Waals surface area contributed by atoms with E-state index in [1.165, 1.54) is 0 Å². The van der Waals surface area contributed by atoms with Crippen LogP contribution in [0.15, 0.2) is 57.9 Å². The predicted octanol–water partition coefficient (Wildman–Crippen LogP) is 4.85. The number of benzene rings is 2. The number of halogens is 1. The van der Waals surface area contributed by atoms with Crippen molar-refractivity contribution in [2.75, 3.05) is 17.2 Å². The summed E-state index contributed by atoms with van der Waals surface area (Å²) < 4.78 is 5.31. The maximum Gasteiger partial charge on any atom is 0.227 e. The number of hydrogen-bond donors (Lipinski definition) is 0. The van der Waals surface area contributed by atoms with Crippen molar-refractivity contribution in [3.05, 3.63) is 59.4 Å². The van der Waals surface area contributed by atoms with Gasteiger partial charge in [-0.25, -0.2) is 0 Å². The molecule has 0 spiro atoms. The van der Waals surface area contributed by atoms with Gasteiger partial charge >= 0.3 is 0 Å². The van der Waals surface area contributed by atoms with Gasteiger partial charge in [-0.15, -0.1) is 11.8 Å². The molecule has 0 saturated carbocycles. The minimum absolute atomic E-state index is 0.0798. The summed E-state index contributed by atoms with van der Waals surface area (Å²) in [5, 5.41) is 4.66. The van der Waals surface area contributed by atoms with Crippen molar-refractivity contribution >= 4 is 35.0 Å². The van der Waals surface area contributed by atoms with Crippen LogP contribution in [0, 0.1) is 0 Å². The zero-order valence-corrected chi connectivity index (χ0v) is 16.2. The number of anilines is 1. The van der Waals surface area contributed by atoms with Crippen LogP contribution in [-0.4, -0.2) is 28.3 Å². The number of nitrogens with zero attached hydrogens (tertiary/aromatic N) is 3. The van der Waals surface area contributed by atoms with Crippen LogP contribution in [0.2, 0.25) is 5.02 Å². The number of aryl methyl sites for hydroxylation is 1. The summed E-state index contributed by atoms with van der Waals surface area (Å²) in [6.45, 7) is 0.739. The highest BCUT2D eigenvalue weighted by Gasteiger charge is 2.21. The number of hydrogen-bond acceptors (Lipinski definition) is 5. The number of rotatable bonds is 4. The van der Waals surface area contributed by atoms with Crippen LogP contribution in [-0.2, 0) is 11.2 Å². The molecule has 1 aliphatic heterocycles. The lowest BCUT2D eigenvalue weighted by molar-refractivity contribution is -0.118. The molecule has 0 atom stereocenters. The van der Waals surface area contributed by atoms with Gasteiger partial charge in [0.15, 0.2) is 0 Å². The topological polar surface area (TPSA) is 59.2 Å². The van der Waals surface area contributed by atoms with Crippen molar-refractivity contribution in [2.24, 2.45) is 0 Å². The van der Waals surface area contributed by atoms with Crippen LogP contribution in [0.25, 0.3) is 11.4 Å². The Bertz CT molecular complexity index is 942. The first-order valence-corrected chi connectivity index (χ1v) is 10.2. The van der Waals surface area contributed by atoms with Crippen molar-refractivity contribution in [1.82, 2.24) is 10.1 Å². The van der Waals surface area contributed by atoms with Crippen LogP contribution >= 0.6 is 23.4 Å². The number of aromatic nitrogens is 2. The van der Waals surface area contributed by atoms with Gasteiger partial charge in [-0.05, 0) is 48.6 Å². The van der Waals surface area contributed by atoms with Gasteiger partial charge in [0, 0.05) is 34.9 Å². The Morgan fingerprint density at radius 3 is 2.85 bits per heavy atom. The van der Waals surface area contributed by atoms with Crippen LogP contribution in [0.4, 0.5) is 5.69 Å². The monoisotopic (exact) mass is 399 g/mol. The quantitative estimate of drug-likeness (QED) is 0.627. The van der Waals surface area contributed by atoms with E-state index in [1.54, 1.807) is 23.9 Å². The first kappa shape index (κ1) is 18.1. The van der Waals surface area contributed by atoms with E-state index in [1.807, 2.05) is 35.2 Å². The first-order valence-electron chi connectivity index (χ1n) is 8.81. The third-order valence-corrected chi connectivity index (χ3v) is 5.76. The second-order valence-corrected chi connectivity index (χ2v) is 7.81. The lowest BCUT2D eigenvalue weighted by Gasteiger charge is -2.22. The molecule has 0 saturated heterocycles. The Labute approximate surface area is 166 Å². The molecule has 0 radical (unpaired) electrons. The number of amides is 1. The zero-order valence-electron chi connectivity index (χ0n) is 14.6. The SMILES string of the molecule is O=C(CCc1nc(-c2ccc(Cl)cc2)no1)N1CCCSc2ccccc21. The third-order valence-electron chi connectivity index (χ3n) is 4.36. The summed E-state index contributed by atoms with van der Waals surface area (Å²) in [7, 11) is 0. The maximum atomic E-state index is 12.8. The normalized spacial score (nSPS) is 13.9. The third kappa shape index (κ3) is 4.17. The molecule has 1 aromatic heterocycles. The van der Waals surface area contributed by atoms with E-state index in [0.717, 1.165) is 34.9 Å². The summed E-state index contributed by atoms with van der Waals surface area (Å²) in [5.74, 6) is 2.07. The van der Waals surface area contributed by atoms with E-state index in [9.17, 15) is 4.79 Å². The van der Waals surface area contributed by atoms with E-state index < -0.39 is 0 Å². The minimum Gasteiger partial charge on any atom is -0.339 e. The van der Waals surface area contributed by atoms with E-state index in [4.69, 9.17) is 16.1 Å². The minimum atomic E-state index is 0.0798. The molecule has 0 fully saturated rings. The van der Waals surface area contributed by atoms with Gasteiger partial charge in [0.05, 0.1) is 5.69 Å². The Morgan fingerprint density at radius 2 is 2.00 bits per heavy atom. The molecular formula is C20H18ClN3O2S. The standard InChI is InChI=1S/C20H18ClN3O2S/c21-15-8-6-14(7-9-15)20-22-18(26-23-20)10-11-19(25)24-12-3-13-27-17-5-2-1-4-16(17)24/h1-2,4-9H,3,10-13H2. The van der Waals surface area contributed by atoms with Crippen molar-refractivity contribution in [3.8, 4) is 11.4 Å². The molecule has 138 valence electrons. The van der Waals surface area contributed by atoms with Crippen LogP contribution in [0.3, 0.4) is 0 Å². The zero-order chi connectivity index (χ0) is 18.6. The van der Waals surface area contributed by atoms with Crippen molar-refractivity contribution in [2.45, 2.75) is 24.2 Å². The molecule has 1 amide bonds. The van der Waals surface area contributed by atoms with Crippen molar-refractivity contribution < 1.29 is 9.32 Å². The molecule has 2 aromatic carbocycles. The average Bonchev–Trinajstić information content (AvgIpc) is 3.06. The molecule has 2 heterocycles. The van der Waals surface area contributed by atoms with Gasteiger partial charge in [-0.1, -0.05) is 28.9 Å². The van der Waals surface area contributed by atoms with E-state index in [2.05, 4.69) is 16.2 Å². The van der Waals surface area contributed by atoms with Gasteiger partial charge in [0.1, 0.15) is 0 Å². The second-order valence-electron chi connectivity index (χ2n) is 6.23. The number of para-hydroxylation sites is 1. The largest absolute Gasteiger partial charge is 0.339 e. The number of carbonyl (C=O) groups is 1. The lowest BCUT2D eigenvalue weighted by Crippen LogP contribution is -2.32. The molecule has 4 rings (SSSR count). The van der Waals surface area contributed by atoms with Gasteiger partial charge in [0.25, 0.3) is 0 Å². The summed E-state index contributed by atoms with van der Waals surface area (Å²) in [4.78, 5) is 20.2. The molecule has 0 bridgehead atoms. The van der Waals surface area contributed by atoms with Gasteiger partial charge in [0.2, 0.25) is 17.6 Å². The van der Waals surface area contributed by atoms with Gasteiger partial charge in [-0.3, -0.25) is 4.79 Å². The maximum absolute atomic E-state index is 12.8. The molecule has 5 nitrogen and oxygen atoms in total. The molecule has 0 N–H and O–H groups in total. The fraction of sp³-hybridized carbons (Fsp3) is 0.250. The Hall–Kier alpha value is -2.31. The van der Waals surface area contributed by atoms with E-state index in [-0.39, 0.29) is 5.91 Å². The van der Waals surface area contributed by atoms with E-state index >= 15 is 0 Å². The van der Waals surface area contributed by atoms with Crippen molar-refractivity contribution in [3.63, 3.8) is 0 Å². The summed E-state index contributed by atoms with van der Waals surface area (Å²) in [5.41, 5.74) is 1.83. The molecule has 27 heavy (non-hydrogen) atoms. The fourth-order valence-corrected chi connectivity index (χ4v) is 4.13. The number of fused-ring (bicyclic) bond motifs is 1. The predicted molar refractivity (Wildman–Crippen MR) is 107 cm³/mol. The average molecular weight is 400 g/mol. The van der Waals surface area contributed by atoms with Crippen LogP contribution in [0.5, 0.6) is 0 Å². The smallest absolute Gasteiger partial charge is 0.227 e. The lowest BCUT2D eigenvalue weighted by atomic mass is 10.2. The number of carbonyl (C=O) groups excluding carboxylic acids is 1. The van der Waals surface area contributed by atoms with E-state index in [0.29, 0.717) is 29.6 Å². The summed E-state index contributed by atoms with van der Waals surface area (Å²) in [6, 6.07) is 15.3. The molecule has 1 aliphatic rings. The summed E-state index contributed by atoms with van der Waals surface area (Å²) >= 11 is 7.71. The highest BCUT2D eigenvalue weighted by Crippen LogP contribution is 2.34. The van der Waals surface area contributed by atoms with Crippen LogP contribution < -0.4 is 4.90 Å². The Balaban J connectivity index is 1.43. The highest BCUT2D eigenvalue weighted by molar-refractivity contribution is 7.99. The molecule has 0 aliphatic carbocycles. The Morgan fingerprint density at radius 1 is 1.19 bits per heavy atom. The van der Waals surface area contributed by atoms with Gasteiger partial charge < -0.3 is 9.42 Å². The molecule has 3 aromatic rings. The van der Waals surface area contributed by atoms with Gasteiger partial charge in [-0.2, -0.15) is 4.98 Å². The number of thioether (sulfide) groups is 1. The second kappa shape index (κ2) is 8.15. The highest BCUT2D eigenvalue weighted by atomic mass is 35.5. The Kier molecular flexibility index (Phi) is 5.45. The fourth-order valence-electron chi connectivity index (χ4n) is 3.01. The van der Waals surface area contributed by atoms with Crippen LogP contribution in [0.1, 0.15) is 18.7 Å².